The molecule has 34 heavy (non-hydrogen) atoms. The van der Waals surface area contributed by atoms with Crippen molar-refractivity contribution in [2.75, 3.05) is 13.2 Å². The molecule has 0 aromatic carbocycles. The maximum absolute atomic E-state index is 11.3. The lowest BCUT2D eigenvalue weighted by molar-refractivity contribution is -0.219. The fourth-order valence-corrected chi connectivity index (χ4v) is 10.7. The summed E-state index contributed by atoms with van der Waals surface area (Å²) in [7, 11) is 0. The van der Waals surface area contributed by atoms with Crippen molar-refractivity contribution >= 4 is 0 Å². The Hall–Kier alpha value is -0.420. The molecule has 5 rings (SSSR count). The number of hydrogen-bond acceptors (Lipinski definition) is 4. The molecule has 0 amide bonds. The lowest BCUT2D eigenvalue weighted by Gasteiger charge is -2.71. The zero-order valence-electron chi connectivity index (χ0n) is 22.5. The molecule has 0 saturated heterocycles. The van der Waals surface area contributed by atoms with Crippen molar-refractivity contribution in [1.29, 1.82) is 0 Å². The first-order valence-corrected chi connectivity index (χ1v) is 14.0. The van der Waals surface area contributed by atoms with Gasteiger partial charge < -0.3 is 20.4 Å². The van der Waals surface area contributed by atoms with Gasteiger partial charge in [0.15, 0.2) is 0 Å². The Labute approximate surface area is 207 Å². The molecule has 4 heteroatoms. The van der Waals surface area contributed by atoms with E-state index < -0.39 is 11.5 Å². The Bertz CT molecular complexity index is 870. The van der Waals surface area contributed by atoms with Gasteiger partial charge in [-0.25, -0.2) is 0 Å². The molecular weight excluding hydrogens is 424 g/mol. The number of fused-ring (bicyclic) bond motifs is 7. The largest absolute Gasteiger partial charge is 0.396 e. The summed E-state index contributed by atoms with van der Waals surface area (Å²) >= 11 is 0. The Morgan fingerprint density at radius 1 is 0.765 bits per heavy atom. The summed E-state index contributed by atoms with van der Waals surface area (Å²) in [5.41, 5.74) is 1.21. The summed E-state index contributed by atoms with van der Waals surface area (Å²) in [5.74, 6) is 1.20. The van der Waals surface area contributed by atoms with E-state index in [2.05, 4.69) is 47.6 Å². The van der Waals surface area contributed by atoms with Crippen molar-refractivity contribution in [1.82, 2.24) is 0 Å². The third kappa shape index (κ3) is 2.92. The zero-order valence-corrected chi connectivity index (χ0v) is 22.5. The van der Waals surface area contributed by atoms with Crippen LogP contribution in [-0.4, -0.2) is 45.8 Å². The van der Waals surface area contributed by atoms with Crippen LogP contribution in [0.25, 0.3) is 0 Å². The minimum Gasteiger partial charge on any atom is -0.396 e. The van der Waals surface area contributed by atoms with Gasteiger partial charge in [0.2, 0.25) is 0 Å². The summed E-state index contributed by atoms with van der Waals surface area (Å²) in [6.07, 6.45) is 10.7. The van der Waals surface area contributed by atoms with E-state index in [9.17, 15) is 20.4 Å². The highest BCUT2D eigenvalue weighted by atomic mass is 16.3. The van der Waals surface area contributed by atoms with Crippen molar-refractivity contribution in [2.45, 2.75) is 112 Å². The van der Waals surface area contributed by atoms with Crippen LogP contribution < -0.4 is 0 Å². The van der Waals surface area contributed by atoms with Crippen LogP contribution in [-0.2, 0) is 0 Å². The summed E-state index contributed by atoms with van der Waals surface area (Å²) in [4.78, 5) is 0. The van der Waals surface area contributed by atoms with E-state index in [1.807, 2.05) is 0 Å². The molecule has 0 heterocycles. The predicted molar refractivity (Wildman–Crippen MR) is 135 cm³/mol. The van der Waals surface area contributed by atoms with E-state index in [0.29, 0.717) is 24.2 Å². The van der Waals surface area contributed by atoms with E-state index >= 15 is 0 Å². The van der Waals surface area contributed by atoms with E-state index in [4.69, 9.17) is 0 Å². The van der Waals surface area contributed by atoms with Gasteiger partial charge in [-0.05, 0) is 97.2 Å². The predicted octanol–water partition coefficient (Wildman–Crippen LogP) is 5.08. The molecule has 0 spiro atoms. The van der Waals surface area contributed by atoms with Gasteiger partial charge in [0.1, 0.15) is 0 Å². The zero-order chi connectivity index (χ0) is 24.9. The molecule has 0 unspecified atom stereocenters. The molecule has 0 aromatic heterocycles. The lowest BCUT2D eigenvalue weighted by Crippen LogP contribution is -2.66. The Morgan fingerprint density at radius 2 is 1.47 bits per heavy atom. The van der Waals surface area contributed by atoms with E-state index in [1.54, 1.807) is 5.57 Å². The topological polar surface area (TPSA) is 80.9 Å². The molecule has 4 nitrogen and oxygen atoms in total. The Morgan fingerprint density at radius 3 is 2.12 bits per heavy atom. The minimum atomic E-state index is -0.416. The van der Waals surface area contributed by atoms with Crippen LogP contribution in [0, 0.1) is 50.2 Å². The van der Waals surface area contributed by atoms with Gasteiger partial charge in [0.05, 0.1) is 18.8 Å². The maximum atomic E-state index is 11.3. The molecule has 0 bridgehead atoms. The first-order valence-electron chi connectivity index (χ1n) is 14.0. The molecule has 194 valence electrons. The monoisotopic (exact) mass is 474 g/mol. The summed E-state index contributed by atoms with van der Waals surface area (Å²) in [5, 5.41) is 42.9. The molecule has 4 N–H and O–H groups in total. The molecule has 4 fully saturated rings. The number of aliphatic hydroxyl groups excluding tert-OH is 4. The fraction of sp³-hybridized carbons (Fsp3) is 0.933. The van der Waals surface area contributed by atoms with Crippen molar-refractivity contribution in [3.8, 4) is 0 Å². The van der Waals surface area contributed by atoms with Gasteiger partial charge in [0, 0.05) is 17.4 Å². The number of hydrogen-bond donors (Lipinski definition) is 4. The third-order valence-electron chi connectivity index (χ3n) is 13.5. The Balaban J connectivity index is 1.58. The summed E-state index contributed by atoms with van der Waals surface area (Å²) < 4.78 is 0. The molecule has 5 aliphatic carbocycles. The van der Waals surface area contributed by atoms with Gasteiger partial charge in [-0.1, -0.05) is 53.2 Å². The molecule has 11 atom stereocenters. The highest BCUT2D eigenvalue weighted by Gasteiger charge is 2.69. The van der Waals surface area contributed by atoms with Gasteiger partial charge in [-0.15, -0.1) is 0 Å². The van der Waals surface area contributed by atoms with Crippen LogP contribution >= 0.6 is 0 Å². The van der Waals surface area contributed by atoms with Gasteiger partial charge in [0.25, 0.3) is 0 Å². The fourth-order valence-electron chi connectivity index (χ4n) is 10.7. The van der Waals surface area contributed by atoms with Crippen LogP contribution in [0.1, 0.15) is 99.3 Å². The van der Waals surface area contributed by atoms with Crippen LogP contribution in [0.3, 0.4) is 0 Å². The van der Waals surface area contributed by atoms with Crippen LogP contribution in [0.15, 0.2) is 11.6 Å². The van der Waals surface area contributed by atoms with Gasteiger partial charge >= 0.3 is 0 Å². The molecular formula is C30H50O4. The third-order valence-corrected chi connectivity index (χ3v) is 13.5. The number of allylic oxidation sites excluding steroid dienone is 2. The highest BCUT2D eigenvalue weighted by Crippen LogP contribution is 2.75. The maximum Gasteiger partial charge on any atom is 0.0618 e. The number of rotatable bonds is 2. The molecule has 0 aromatic rings. The second-order valence-corrected chi connectivity index (χ2v) is 15.0. The average Bonchev–Trinajstić information content (AvgIpc) is 2.79. The molecule has 0 radical (unpaired) electrons. The van der Waals surface area contributed by atoms with E-state index in [0.717, 1.165) is 51.4 Å². The molecule has 4 saturated carbocycles. The molecule has 5 aliphatic rings. The highest BCUT2D eigenvalue weighted by molar-refractivity contribution is 5.34. The second-order valence-electron chi connectivity index (χ2n) is 15.0. The van der Waals surface area contributed by atoms with Gasteiger partial charge in [-0.2, -0.15) is 0 Å². The van der Waals surface area contributed by atoms with Crippen molar-refractivity contribution < 1.29 is 20.4 Å². The average molecular weight is 475 g/mol. The summed E-state index contributed by atoms with van der Waals surface area (Å²) in [6.45, 7) is 14.3. The SMILES string of the molecule is C[C@]1(CO)C[C@@H](O)[C@]2(C)CC[C@]3(C)C(=CC[C@H]4[C@@]5(C)CC[C@H](O)[C@](C)(CO)[C@@H]5CC[C@]43C)[C@@H]2C1. The second kappa shape index (κ2) is 7.55. The van der Waals surface area contributed by atoms with Crippen LogP contribution in [0.5, 0.6) is 0 Å². The van der Waals surface area contributed by atoms with Crippen LogP contribution in [0.2, 0.25) is 0 Å². The van der Waals surface area contributed by atoms with Gasteiger partial charge in [-0.3, -0.25) is 0 Å². The summed E-state index contributed by atoms with van der Waals surface area (Å²) in [6, 6.07) is 0. The van der Waals surface area contributed by atoms with Crippen LogP contribution in [0.4, 0.5) is 0 Å². The first kappa shape index (κ1) is 25.2. The minimum absolute atomic E-state index is 0.0638. The van der Waals surface area contributed by atoms with E-state index in [-0.39, 0.29) is 46.4 Å². The van der Waals surface area contributed by atoms with Crippen molar-refractivity contribution in [3.05, 3.63) is 11.6 Å². The Kier molecular flexibility index (Phi) is 5.61. The smallest absolute Gasteiger partial charge is 0.0618 e. The van der Waals surface area contributed by atoms with Crippen molar-refractivity contribution in [2.24, 2.45) is 50.2 Å². The van der Waals surface area contributed by atoms with E-state index in [1.165, 1.54) is 0 Å². The molecule has 0 aliphatic heterocycles. The number of aliphatic hydroxyl groups is 4. The van der Waals surface area contributed by atoms with Crippen molar-refractivity contribution in [3.63, 3.8) is 0 Å². The normalized spacial score (nSPS) is 59.2. The quantitative estimate of drug-likeness (QED) is 0.421. The first-order chi connectivity index (χ1) is 15.7. The standard InChI is InChI=1S/C30H50O4/c1-25(17-31)15-20-19-7-8-22-27(3)11-10-23(33)28(4,18-32)21(27)9-12-30(22,6)29(19,5)14-13-26(20,2)24(34)16-25/h7,20-24,31-34H,8-18H2,1-6H3/t20-,21+,22-,23-,24+,25+,26+,27-,28+,29+,30+/m0/s1. The lowest BCUT2D eigenvalue weighted by atomic mass is 9.33.